The first kappa shape index (κ1) is 15.9. The number of halogens is 1. The summed E-state index contributed by atoms with van der Waals surface area (Å²) in [5.41, 5.74) is 1.20. The van der Waals surface area contributed by atoms with E-state index in [4.69, 9.17) is 11.6 Å². The smallest absolute Gasteiger partial charge is 0.217 e. The van der Waals surface area contributed by atoms with Crippen molar-refractivity contribution in [1.82, 2.24) is 5.32 Å². The summed E-state index contributed by atoms with van der Waals surface area (Å²) in [7, 11) is 0. The standard InChI is InChI=1S/C17H23ClN2O/c1-3-4-5-17(19-13(2)21)14-10-11-20(12-14)16-8-6-15(18)7-9-16/h3,6-9,14,17H,1,4-5,10-12H2,2H3,(H,19,21). The van der Waals surface area contributed by atoms with E-state index in [1.165, 1.54) is 5.69 Å². The molecule has 1 aromatic carbocycles. The van der Waals surface area contributed by atoms with Gasteiger partial charge in [-0.15, -0.1) is 6.58 Å². The second-order valence-electron chi connectivity index (χ2n) is 5.64. The first-order chi connectivity index (χ1) is 10.1. The molecule has 1 saturated heterocycles. The fourth-order valence-corrected chi connectivity index (χ4v) is 3.11. The molecule has 4 heteroatoms. The summed E-state index contributed by atoms with van der Waals surface area (Å²) in [6, 6.07) is 8.20. The van der Waals surface area contributed by atoms with Crippen LogP contribution in [0.1, 0.15) is 26.2 Å². The number of anilines is 1. The second-order valence-corrected chi connectivity index (χ2v) is 6.08. The second kappa shape index (κ2) is 7.51. The van der Waals surface area contributed by atoms with Gasteiger partial charge in [0, 0.05) is 36.8 Å². The molecule has 21 heavy (non-hydrogen) atoms. The maximum atomic E-state index is 11.4. The highest BCUT2D eigenvalue weighted by atomic mass is 35.5. The van der Waals surface area contributed by atoms with Crippen LogP contribution in [-0.2, 0) is 4.79 Å². The zero-order valence-electron chi connectivity index (χ0n) is 12.5. The van der Waals surface area contributed by atoms with Gasteiger partial charge in [-0.25, -0.2) is 0 Å². The van der Waals surface area contributed by atoms with Crippen molar-refractivity contribution in [3.05, 3.63) is 41.9 Å². The largest absolute Gasteiger partial charge is 0.371 e. The molecule has 2 unspecified atom stereocenters. The fraction of sp³-hybridized carbons (Fsp3) is 0.471. The highest BCUT2D eigenvalue weighted by Gasteiger charge is 2.29. The number of nitrogens with zero attached hydrogens (tertiary/aromatic N) is 1. The van der Waals surface area contributed by atoms with Gasteiger partial charge in [-0.05, 0) is 49.4 Å². The molecular formula is C17H23ClN2O. The maximum absolute atomic E-state index is 11.4. The lowest BCUT2D eigenvalue weighted by Gasteiger charge is -2.25. The van der Waals surface area contributed by atoms with Crippen molar-refractivity contribution in [2.75, 3.05) is 18.0 Å². The number of benzene rings is 1. The van der Waals surface area contributed by atoms with E-state index in [2.05, 4.69) is 28.9 Å². The van der Waals surface area contributed by atoms with Crippen LogP contribution in [-0.4, -0.2) is 25.0 Å². The van der Waals surface area contributed by atoms with Gasteiger partial charge in [-0.1, -0.05) is 17.7 Å². The van der Waals surface area contributed by atoms with Crippen LogP contribution < -0.4 is 10.2 Å². The molecule has 1 aliphatic rings. The average Bonchev–Trinajstić information content (AvgIpc) is 2.93. The molecule has 0 aromatic heterocycles. The minimum absolute atomic E-state index is 0.0500. The quantitative estimate of drug-likeness (QED) is 0.814. The van der Waals surface area contributed by atoms with E-state index in [9.17, 15) is 4.79 Å². The Labute approximate surface area is 132 Å². The third kappa shape index (κ3) is 4.50. The lowest BCUT2D eigenvalue weighted by molar-refractivity contribution is -0.120. The Morgan fingerprint density at radius 3 is 2.86 bits per heavy atom. The SMILES string of the molecule is C=CCCC(NC(C)=O)C1CCN(c2ccc(Cl)cc2)C1. The van der Waals surface area contributed by atoms with Gasteiger partial charge in [-0.2, -0.15) is 0 Å². The molecule has 0 radical (unpaired) electrons. The molecule has 3 nitrogen and oxygen atoms in total. The third-order valence-corrected chi connectivity index (χ3v) is 4.31. The molecule has 1 heterocycles. The number of hydrogen-bond donors (Lipinski definition) is 1. The molecule has 0 saturated carbocycles. The predicted molar refractivity (Wildman–Crippen MR) is 88.8 cm³/mol. The van der Waals surface area contributed by atoms with Crippen molar-refractivity contribution >= 4 is 23.2 Å². The van der Waals surface area contributed by atoms with E-state index in [1.807, 2.05) is 18.2 Å². The Morgan fingerprint density at radius 2 is 2.24 bits per heavy atom. The van der Waals surface area contributed by atoms with Crippen LogP contribution in [0.4, 0.5) is 5.69 Å². The van der Waals surface area contributed by atoms with E-state index >= 15 is 0 Å². The normalized spacial score (nSPS) is 19.3. The molecule has 2 rings (SSSR count). The van der Waals surface area contributed by atoms with E-state index in [-0.39, 0.29) is 11.9 Å². The van der Waals surface area contributed by atoms with Gasteiger partial charge < -0.3 is 10.2 Å². The summed E-state index contributed by atoms with van der Waals surface area (Å²) >= 11 is 5.94. The van der Waals surface area contributed by atoms with Crippen molar-refractivity contribution in [2.45, 2.75) is 32.2 Å². The summed E-state index contributed by atoms with van der Waals surface area (Å²) in [6.07, 6.45) is 4.91. The number of hydrogen-bond acceptors (Lipinski definition) is 2. The van der Waals surface area contributed by atoms with Gasteiger partial charge in [0.05, 0.1) is 0 Å². The molecule has 1 amide bonds. The fourth-order valence-electron chi connectivity index (χ4n) is 2.99. The van der Waals surface area contributed by atoms with Crippen molar-refractivity contribution in [3.8, 4) is 0 Å². The highest BCUT2D eigenvalue weighted by molar-refractivity contribution is 6.30. The van der Waals surface area contributed by atoms with Crippen LogP contribution in [0.15, 0.2) is 36.9 Å². The topological polar surface area (TPSA) is 32.3 Å². The van der Waals surface area contributed by atoms with Crippen LogP contribution in [0.25, 0.3) is 0 Å². The van der Waals surface area contributed by atoms with Crippen molar-refractivity contribution in [2.24, 2.45) is 5.92 Å². The molecular weight excluding hydrogens is 284 g/mol. The van der Waals surface area contributed by atoms with Crippen LogP contribution in [0.3, 0.4) is 0 Å². The van der Waals surface area contributed by atoms with Gasteiger partial charge in [0.2, 0.25) is 5.91 Å². The maximum Gasteiger partial charge on any atom is 0.217 e. The van der Waals surface area contributed by atoms with Crippen LogP contribution >= 0.6 is 11.6 Å². The predicted octanol–water partition coefficient (Wildman–Crippen LogP) is 3.64. The number of amides is 1. The van der Waals surface area contributed by atoms with Gasteiger partial charge >= 0.3 is 0 Å². The summed E-state index contributed by atoms with van der Waals surface area (Å²) in [4.78, 5) is 13.8. The zero-order valence-corrected chi connectivity index (χ0v) is 13.3. The number of nitrogens with one attached hydrogen (secondary N) is 1. The summed E-state index contributed by atoms with van der Waals surface area (Å²) in [5.74, 6) is 0.540. The summed E-state index contributed by atoms with van der Waals surface area (Å²) in [5, 5.41) is 3.86. The van der Waals surface area contributed by atoms with E-state index < -0.39 is 0 Å². The van der Waals surface area contributed by atoms with Crippen molar-refractivity contribution in [1.29, 1.82) is 0 Å². The Balaban J connectivity index is 1.99. The highest BCUT2D eigenvalue weighted by Crippen LogP contribution is 2.28. The first-order valence-electron chi connectivity index (χ1n) is 7.48. The number of rotatable bonds is 6. The van der Waals surface area contributed by atoms with Crippen LogP contribution in [0.5, 0.6) is 0 Å². The molecule has 1 fully saturated rings. The zero-order chi connectivity index (χ0) is 15.2. The lowest BCUT2D eigenvalue weighted by Crippen LogP contribution is -2.40. The van der Waals surface area contributed by atoms with Gasteiger partial charge in [0.1, 0.15) is 0 Å². The Hall–Kier alpha value is -1.48. The van der Waals surface area contributed by atoms with E-state index in [0.29, 0.717) is 5.92 Å². The number of carbonyl (C=O) groups excluding carboxylic acids is 1. The Bertz CT molecular complexity index is 486. The monoisotopic (exact) mass is 306 g/mol. The summed E-state index contributed by atoms with van der Waals surface area (Å²) < 4.78 is 0. The van der Waals surface area contributed by atoms with Gasteiger partial charge in [0.15, 0.2) is 0 Å². The minimum Gasteiger partial charge on any atom is -0.371 e. The van der Waals surface area contributed by atoms with Crippen molar-refractivity contribution in [3.63, 3.8) is 0 Å². The molecule has 0 bridgehead atoms. The first-order valence-corrected chi connectivity index (χ1v) is 7.86. The van der Waals surface area contributed by atoms with E-state index in [1.54, 1.807) is 6.92 Å². The third-order valence-electron chi connectivity index (χ3n) is 4.06. The molecule has 1 N–H and O–H groups in total. The van der Waals surface area contributed by atoms with Crippen LogP contribution in [0.2, 0.25) is 5.02 Å². The lowest BCUT2D eigenvalue weighted by atomic mass is 9.94. The van der Waals surface area contributed by atoms with E-state index in [0.717, 1.165) is 37.4 Å². The Morgan fingerprint density at radius 1 is 1.52 bits per heavy atom. The van der Waals surface area contributed by atoms with Crippen molar-refractivity contribution < 1.29 is 4.79 Å². The number of allylic oxidation sites excluding steroid dienone is 1. The summed E-state index contributed by atoms with van der Waals surface area (Å²) in [6.45, 7) is 7.36. The molecule has 0 spiro atoms. The minimum atomic E-state index is 0.0500. The molecule has 1 aliphatic heterocycles. The van der Waals surface area contributed by atoms with Gasteiger partial charge in [0.25, 0.3) is 0 Å². The molecule has 114 valence electrons. The molecule has 2 atom stereocenters. The molecule has 0 aliphatic carbocycles. The Kier molecular flexibility index (Phi) is 5.68. The van der Waals surface area contributed by atoms with Crippen LogP contribution in [0, 0.1) is 5.92 Å². The number of carbonyl (C=O) groups is 1. The average molecular weight is 307 g/mol. The van der Waals surface area contributed by atoms with Gasteiger partial charge in [-0.3, -0.25) is 4.79 Å². The molecule has 1 aromatic rings.